The Bertz CT molecular complexity index is 1580. The van der Waals surface area contributed by atoms with Gasteiger partial charge in [-0.2, -0.15) is 13.9 Å². The zero-order chi connectivity index (χ0) is 28.9. The van der Waals surface area contributed by atoms with E-state index in [-0.39, 0.29) is 31.7 Å². The standard InChI is InChI=1S/C29H35F2N5O4Si/c1-29(37)15-36-27(39-16-29)22(23(34-36)18-9-10-18)24-21(20-8-6-12-33-26(20)40-28(30)31)19-7-5-11-32-25(19)35(24)17-38-13-14-41(2,3)4/h5-8,11-12,18,28,37H,9-10,13-17H2,1-4H3/t29-/m0/s1. The molecule has 12 heteroatoms. The Morgan fingerprint density at radius 3 is 2.63 bits per heavy atom. The first-order valence-electron chi connectivity index (χ1n) is 13.9. The summed E-state index contributed by atoms with van der Waals surface area (Å²) in [5.74, 6) is 0.581. The van der Waals surface area contributed by atoms with E-state index in [0.717, 1.165) is 35.5 Å². The lowest BCUT2D eigenvalue weighted by atomic mass is 9.98. The van der Waals surface area contributed by atoms with E-state index in [0.29, 0.717) is 35.0 Å². The maximum Gasteiger partial charge on any atom is 0.388 e. The van der Waals surface area contributed by atoms with Crippen LogP contribution in [-0.2, 0) is 18.0 Å². The largest absolute Gasteiger partial charge is 0.474 e. The van der Waals surface area contributed by atoms with E-state index in [1.165, 1.54) is 6.20 Å². The highest BCUT2D eigenvalue weighted by Crippen LogP contribution is 2.52. The zero-order valence-electron chi connectivity index (χ0n) is 23.7. The molecule has 0 aromatic carbocycles. The van der Waals surface area contributed by atoms with Crippen LogP contribution < -0.4 is 9.47 Å². The summed E-state index contributed by atoms with van der Waals surface area (Å²) in [4.78, 5) is 8.88. The highest BCUT2D eigenvalue weighted by Gasteiger charge is 2.40. The molecule has 4 aromatic heterocycles. The van der Waals surface area contributed by atoms with Crippen LogP contribution in [0.25, 0.3) is 33.4 Å². The van der Waals surface area contributed by atoms with E-state index in [9.17, 15) is 13.9 Å². The van der Waals surface area contributed by atoms with Crippen molar-refractivity contribution >= 4 is 19.1 Å². The molecule has 1 N–H and O–H groups in total. The lowest BCUT2D eigenvalue weighted by Gasteiger charge is -2.29. The van der Waals surface area contributed by atoms with Gasteiger partial charge >= 0.3 is 6.61 Å². The van der Waals surface area contributed by atoms with E-state index in [1.807, 2.05) is 16.7 Å². The molecule has 9 nitrogen and oxygen atoms in total. The van der Waals surface area contributed by atoms with Gasteiger partial charge in [-0.3, -0.25) is 0 Å². The number of fused-ring (bicyclic) bond motifs is 2. The van der Waals surface area contributed by atoms with Gasteiger partial charge in [-0.05, 0) is 50.1 Å². The van der Waals surface area contributed by atoms with Crippen molar-refractivity contribution in [3.05, 3.63) is 42.4 Å². The fourth-order valence-corrected chi connectivity index (χ4v) is 6.06. The third-order valence-corrected chi connectivity index (χ3v) is 9.12. The molecule has 1 aliphatic carbocycles. The van der Waals surface area contributed by atoms with Gasteiger partial charge in [-0.25, -0.2) is 14.6 Å². The Morgan fingerprint density at radius 2 is 1.90 bits per heavy atom. The second kappa shape index (κ2) is 10.5. The molecule has 0 radical (unpaired) electrons. The van der Waals surface area contributed by atoms with Crippen molar-refractivity contribution in [1.82, 2.24) is 24.3 Å². The molecule has 5 heterocycles. The molecule has 2 aliphatic rings. The number of hydrogen-bond acceptors (Lipinski definition) is 7. The predicted octanol–water partition coefficient (Wildman–Crippen LogP) is 5.90. The van der Waals surface area contributed by atoms with E-state index >= 15 is 0 Å². The van der Waals surface area contributed by atoms with Crippen molar-refractivity contribution in [3.8, 4) is 34.1 Å². The first-order chi connectivity index (χ1) is 19.5. The van der Waals surface area contributed by atoms with Crippen molar-refractivity contribution in [2.24, 2.45) is 0 Å². The van der Waals surface area contributed by atoms with Crippen molar-refractivity contribution < 1.29 is 28.1 Å². The van der Waals surface area contributed by atoms with Crippen molar-refractivity contribution in [1.29, 1.82) is 0 Å². The molecule has 6 rings (SSSR count). The van der Waals surface area contributed by atoms with Gasteiger partial charge in [0.1, 0.15) is 24.6 Å². The van der Waals surface area contributed by atoms with Gasteiger partial charge in [0.15, 0.2) is 0 Å². The number of hydrogen-bond donors (Lipinski definition) is 1. The Balaban J connectivity index is 1.61. The fraction of sp³-hybridized carbons (Fsp3) is 0.483. The zero-order valence-corrected chi connectivity index (χ0v) is 24.7. The van der Waals surface area contributed by atoms with Gasteiger partial charge in [-0.1, -0.05) is 19.6 Å². The van der Waals surface area contributed by atoms with Crippen molar-refractivity contribution in [2.75, 3.05) is 13.2 Å². The molecular weight excluding hydrogens is 548 g/mol. The smallest absolute Gasteiger partial charge is 0.388 e. The SMILES string of the molecule is C[C@@]1(O)COc2c(-c3c(-c4cccnc4OC(F)F)c4cccnc4n3COCC[Si](C)(C)C)c(C3CC3)nn2C1. The van der Waals surface area contributed by atoms with Crippen LogP contribution in [-0.4, -0.2) is 62.9 Å². The Labute approximate surface area is 238 Å². The second-order valence-electron chi connectivity index (χ2n) is 12.4. The fourth-order valence-electron chi connectivity index (χ4n) is 5.30. The van der Waals surface area contributed by atoms with Crippen LogP contribution in [0.3, 0.4) is 0 Å². The Hall–Kier alpha value is -3.35. The molecule has 41 heavy (non-hydrogen) atoms. The second-order valence-corrected chi connectivity index (χ2v) is 18.0. The Morgan fingerprint density at radius 1 is 1.15 bits per heavy atom. The molecule has 1 saturated carbocycles. The van der Waals surface area contributed by atoms with Crippen LogP contribution in [0.1, 0.15) is 31.4 Å². The summed E-state index contributed by atoms with van der Waals surface area (Å²) < 4.78 is 48.1. The van der Waals surface area contributed by atoms with E-state index in [2.05, 4.69) is 24.6 Å². The number of pyridine rings is 2. The van der Waals surface area contributed by atoms with Crippen LogP contribution in [0.4, 0.5) is 8.78 Å². The number of aromatic nitrogens is 5. The third-order valence-electron chi connectivity index (χ3n) is 7.42. The summed E-state index contributed by atoms with van der Waals surface area (Å²) in [6.07, 6.45) is 5.09. The molecule has 0 spiro atoms. The summed E-state index contributed by atoms with van der Waals surface area (Å²) in [5.41, 5.74) is 2.93. The monoisotopic (exact) mass is 583 g/mol. The van der Waals surface area contributed by atoms with Crippen LogP contribution in [0, 0.1) is 0 Å². The quantitative estimate of drug-likeness (QED) is 0.184. The minimum atomic E-state index is -3.04. The Kier molecular flexibility index (Phi) is 7.11. The van der Waals surface area contributed by atoms with Gasteiger partial charge in [0.25, 0.3) is 0 Å². The van der Waals surface area contributed by atoms with Gasteiger partial charge in [0.05, 0.1) is 23.5 Å². The molecule has 4 aromatic rings. The van der Waals surface area contributed by atoms with Crippen LogP contribution in [0.15, 0.2) is 36.7 Å². The highest BCUT2D eigenvalue weighted by atomic mass is 28.3. The molecule has 0 amide bonds. The molecule has 1 fully saturated rings. The molecular formula is C29H35F2N5O4Si. The summed E-state index contributed by atoms with van der Waals surface area (Å²) >= 11 is 0. The first-order valence-corrected chi connectivity index (χ1v) is 17.6. The molecule has 0 saturated heterocycles. The number of rotatable bonds is 10. The van der Waals surface area contributed by atoms with Gasteiger partial charge < -0.3 is 23.9 Å². The first kappa shape index (κ1) is 27.8. The van der Waals surface area contributed by atoms with Crippen molar-refractivity contribution in [2.45, 2.75) is 76.9 Å². The predicted molar refractivity (Wildman–Crippen MR) is 153 cm³/mol. The maximum absolute atomic E-state index is 13.5. The van der Waals surface area contributed by atoms with E-state index in [1.54, 1.807) is 29.9 Å². The topological polar surface area (TPSA) is 96.5 Å². The number of aliphatic hydroxyl groups is 1. The lowest BCUT2D eigenvalue weighted by Crippen LogP contribution is -2.41. The van der Waals surface area contributed by atoms with Crippen LogP contribution in [0.2, 0.25) is 25.7 Å². The summed E-state index contributed by atoms with van der Waals surface area (Å²) in [5, 5.41) is 16.4. The molecule has 0 unspecified atom stereocenters. The highest BCUT2D eigenvalue weighted by molar-refractivity contribution is 6.76. The molecule has 218 valence electrons. The average molecular weight is 584 g/mol. The van der Waals surface area contributed by atoms with Gasteiger partial charge in [0, 0.05) is 49.5 Å². The molecule has 1 aliphatic heterocycles. The normalized spacial score (nSPS) is 19.0. The average Bonchev–Trinajstić information content (AvgIpc) is 3.61. The van der Waals surface area contributed by atoms with Crippen LogP contribution in [0.5, 0.6) is 11.8 Å². The van der Waals surface area contributed by atoms with Gasteiger partial charge in [0.2, 0.25) is 11.8 Å². The van der Waals surface area contributed by atoms with E-state index in [4.69, 9.17) is 24.3 Å². The summed E-state index contributed by atoms with van der Waals surface area (Å²) in [7, 11) is -1.34. The molecule has 0 bridgehead atoms. The van der Waals surface area contributed by atoms with E-state index < -0.39 is 20.3 Å². The number of ether oxygens (including phenoxy) is 3. The minimum absolute atomic E-state index is 0.100. The lowest BCUT2D eigenvalue weighted by molar-refractivity contribution is -0.0524. The number of nitrogens with zero attached hydrogens (tertiary/aromatic N) is 5. The minimum Gasteiger partial charge on any atom is -0.474 e. The number of halogens is 2. The summed E-state index contributed by atoms with van der Waals surface area (Å²) in [6, 6.07) is 8.15. The number of alkyl halides is 2. The van der Waals surface area contributed by atoms with Gasteiger partial charge in [-0.15, -0.1) is 0 Å². The summed E-state index contributed by atoms with van der Waals surface area (Å²) in [6.45, 7) is 6.73. The third kappa shape index (κ3) is 5.60. The molecule has 1 atom stereocenters. The van der Waals surface area contributed by atoms with Crippen molar-refractivity contribution in [3.63, 3.8) is 0 Å². The van der Waals surface area contributed by atoms with Crippen LogP contribution >= 0.6 is 0 Å². The maximum atomic E-state index is 13.5.